The van der Waals surface area contributed by atoms with Crippen LogP contribution in [-0.2, 0) is 19.5 Å². The van der Waals surface area contributed by atoms with E-state index in [0.29, 0.717) is 6.04 Å². The Labute approximate surface area is 159 Å². The molecule has 0 aliphatic heterocycles. The standard InChI is InChI=1S/C22H25N3S/c1-26-19-12-10-17(11-13-19)14-23-21-8-5-9-22-20(21)15-24-25(22)16-18-6-3-2-4-7-18/h2-4,6-7,10-13,15,21,23H,5,8-9,14,16H2,1H3/t21-/m1/s1. The van der Waals surface area contributed by atoms with Crippen LogP contribution in [-0.4, -0.2) is 16.0 Å². The van der Waals surface area contributed by atoms with Crippen molar-refractivity contribution < 1.29 is 0 Å². The number of nitrogens with one attached hydrogen (secondary N) is 1. The third-order valence-corrected chi connectivity index (χ3v) is 5.89. The van der Waals surface area contributed by atoms with E-state index in [1.165, 1.54) is 40.1 Å². The Kier molecular flexibility index (Phi) is 5.42. The van der Waals surface area contributed by atoms with Crippen LogP contribution in [0, 0.1) is 0 Å². The van der Waals surface area contributed by atoms with Gasteiger partial charge in [-0.15, -0.1) is 11.8 Å². The maximum Gasteiger partial charge on any atom is 0.0662 e. The van der Waals surface area contributed by atoms with Crippen molar-refractivity contribution in [2.24, 2.45) is 0 Å². The SMILES string of the molecule is CSc1ccc(CN[C@@H]2CCCc3c2cnn3Cc2ccccc2)cc1. The van der Waals surface area contributed by atoms with Crippen LogP contribution in [0.1, 0.15) is 41.3 Å². The summed E-state index contributed by atoms with van der Waals surface area (Å²) in [5.74, 6) is 0. The molecule has 1 N–H and O–H groups in total. The van der Waals surface area contributed by atoms with E-state index in [9.17, 15) is 0 Å². The molecule has 0 amide bonds. The zero-order valence-corrected chi connectivity index (χ0v) is 16.0. The van der Waals surface area contributed by atoms with Crippen LogP contribution in [0.25, 0.3) is 0 Å². The summed E-state index contributed by atoms with van der Waals surface area (Å²) < 4.78 is 2.19. The molecule has 1 aliphatic rings. The summed E-state index contributed by atoms with van der Waals surface area (Å²) in [6.07, 6.45) is 7.72. The van der Waals surface area contributed by atoms with Crippen molar-refractivity contribution in [3.05, 3.63) is 83.2 Å². The van der Waals surface area contributed by atoms with Gasteiger partial charge in [0.15, 0.2) is 0 Å². The van der Waals surface area contributed by atoms with Gasteiger partial charge in [-0.2, -0.15) is 5.10 Å². The molecule has 0 radical (unpaired) electrons. The van der Waals surface area contributed by atoms with Gasteiger partial charge in [0, 0.05) is 28.7 Å². The molecule has 1 aromatic heterocycles. The fraction of sp³-hybridized carbons (Fsp3) is 0.318. The number of thioether (sulfide) groups is 1. The van der Waals surface area contributed by atoms with Crippen LogP contribution in [0.3, 0.4) is 0 Å². The third-order valence-electron chi connectivity index (χ3n) is 5.15. The van der Waals surface area contributed by atoms with E-state index in [2.05, 4.69) is 77.0 Å². The summed E-state index contributed by atoms with van der Waals surface area (Å²) in [6.45, 7) is 1.77. The van der Waals surface area contributed by atoms with Gasteiger partial charge in [-0.25, -0.2) is 0 Å². The summed E-state index contributed by atoms with van der Waals surface area (Å²) in [5, 5.41) is 8.44. The lowest BCUT2D eigenvalue weighted by Gasteiger charge is -2.24. The fourth-order valence-electron chi connectivity index (χ4n) is 3.71. The van der Waals surface area contributed by atoms with Crippen LogP contribution < -0.4 is 5.32 Å². The highest BCUT2D eigenvalue weighted by Crippen LogP contribution is 2.30. The predicted octanol–water partition coefficient (Wildman–Crippen LogP) is 4.82. The van der Waals surface area contributed by atoms with Gasteiger partial charge in [-0.1, -0.05) is 42.5 Å². The molecule has 3 nitrogen and oxygen atoms in total. The van der Waals surface area contributed by atoms with Crippen LogP contribution >= 0.6 is 11.8 Å². The minimum atomic E-state index is 0.406. The maximum absolute atomic E-state index is 4.69. The molecule has 134 valence electrons. The van der Waals surface area contributed by atoms with E-state index < -0.39 is 0 Å². The quantitative estimate of drug-likeness (QED) is 0.637. The van der Waals surface area contributed by atoms with Crippen molar-refractivity contribution in [3.63, 3.8) is 0 Å². The van der Waals surface area contributed by atoms with E-state index in [-0.39, 0.29) is 0 Å². The molecule has 0 saturated carbocycles. The highest BCUT2D eigenvalue weighted by atomic mass is 32.2. The van der Waals surface area contributed by atoms with E-state index in [1.807, 2.05) is 0 Å². The Balaban J connectivity index is 1.45. The number of fused-ring (bicyclic) bond motifs is 1. The lowest BCUT2D eigenvalue weighted by Crippen LogP contribution is -2.25. The number of hydrogen-bond donors (Lipinski definition) is 1. The molecular formula is C22H25N3S. The average molecular weight is 364 g/mol. The average Bonchev–Trinajstić information content (AvgIpc) is 3.11. The van der Waals surface area contributed by atoms with Crippen molar-refractivity contribution in [3.8, 4) is 0 Å². The molecule has 0 fully saturated rings. The van der Waals surface area contributed by atoms with Crippen LogP contribution in [0.15, 0.2) is 65.7 Å². The largest absolute Gasteiger partial charge is 0.306 e. The molecule has 0 bridgehead atoms. The van der Waals surface area contributed by atoms with E-state index in [0.717, 1.165) is 19.5 Å². The summed E-state index contributed by atoms with van der Waals surface area (Å²) in [7, 11) is 0. The summed E-state index contributed by atoms with van der Waals surface area (Å²) in [6, 6.07) is 19.9. The monoisotopic (exact) mass is 363 g/mol. The molecule has 3 aromatic rings. The summed E-state index contributed by atoms with van der Waals surface area (Å²) in [4.78, 5) is 1.32. The first-order valence-corrected chi connectivity index (χ1v) is 10.5. The lowest BCUT2D eigenvalue weighted by molar-refractivity contribution is 0.449. The number of nitrogens with zero attached hydrogens (tertiary/aromatic N) is 2. The summed E-state index contributed by atoms with van der Waals surface area (Å²) in [5.41, 5.74) is 5.43. The molecule has 1 aliphatic carbocycles. The second-order valence-electron chi connectivity index (χ2n) is 6.86. The van der Waals surface area contributed by atoms with Gasteiger partial charge in [0.2, 0.25) is 0 Å². The lowest BCUT2D eigenvalue weighted by atomic mass is 9.92. The van der Waals surface area contributed by atoms with Crippen molar-refractivity contribution in [1.29, 1.82) is 0 Å². The Morgan fingerprint density at radius 1 is 1.08 bits per heavy atom. The number of benzene rings is 2. The fourth-order valence-corrected chi connectivity index (χ4v) is 4.12. The van der Waals surface area contributed by atoms with Crippen LogP contribution in [0.5, 0.6) is 0 Å². The minimum absolute atomic E-state index is 0.406. The van der Waals surface area contributed by atoms with Crippen molar-refractivity contribution in [2.75, 3.05) is 6.26 Å². The molecule has 1 atom stereocenters. The number of rotatable bonds is 6. The van der Waals surface area contributed by atoms with Crippen molar-refractivity contribution in [1.82, 2.24) is 15.1 Å². The van der Waals surface area contributed by atoms with Gasteiger partial charge in [-0.05, 0) is 48.8 Å². The van der Waals surface area contributed by atoms with Gasteiger partial charge in [0.1, 0.15) is 0 Å². The van der Waals surface area contributed by atoms with Gasteiger partial charge < -0.3 is 5.32 Å². The molecule has 1 heterocycles. The Hall–Kier alpha value is -2.04. The third kappa shape index (κ3) is 3.87. The van der Waals surface area contributed by atoms with Crippen molar-refractivity contribution in [2.45, 2.75) is 43.3 Å². The molecule has 26 heavy (non-hydrogen) atoms. The minimum Gasteiger partial charge on any atom is -0.306 e. The Bertz CT molecular complexity index is 840. The molecule has 2 aromatic carbocycles. The Morgan fingerprint density at radius 2 is 1.88 bits per heavy atom. The second kappa shape index (κ2) is 8.11. The van der Waals surface area contributed by atoms with Gasteiger partial charge in [0.25, 0.3) is 0 Å². The van der Waals surface area contributed by atoms with Gasteiger partial charge in [0.05, 0.1) is 12.7 Å². The smallest absolute Gasteiger partial charge is 0.0662 e. The summed E-state index contributed by atoms with van der Waals surface area (Å²) >= 11 is 1.79. The molecular weight excluding hydrogens is 338 g/mol. The normalized spacial score (nSPS) is 16.4. The van der Waals surface area contributed by atoms with Crippen LogP contribution in [0.4, 0.5) is 0 Å². The molecule has 0 spiro atoms. The predicted molar refractivity (Wildman–Crippen MR) is 109 cm³/mol. The first-order valence-electron chi connectivity index (χ1n) is 9.28. The Morgan fingerprint density at radius 3 is 2.65 bits per heavy atom. The molecule has 0 saturated heterocycles. The molecule has 0 unspecified atom stereocenters. The van der Waals surface area contributed by atoms with Gasteiger partial charge in [-0.3, -0.25) is 4.68 Å². The van der Waals surface area contributed by atoms with Gasteiger partial charge >= 0.3 is 0 Å². The highest BCUT2D eigenvalue weighted by molar-refractivity contribution is 7.98. The van der Waals surface area contributed by atoms with Crippen molar-refractivity contribution >= 4 is 11.8 Å². The number of aromatic nitrogens is 2. The first kappa shape index (κ1) is 17.4. The second-order valence-corrected chi connectivity index (χ2v) is 7.74. The van der Waals surface area contributed by atoms with E-state index in [4.69, 9.17) is 5.10 Å². The highest BCUT2D eigenvalue weighted by Gasteiger charge is 2.23. The molecule has 4 rings (SSSR count). The zero-order chi connectivity index (χ0) is 17.8. The first-order chi connectivity index (χ1) is 12.8. The topological polar surface area (TPSA) is 29.9 Å². The van der Waals surface area contributed by atoms with Crippen LogP contribution in [0.2, 0.25) is 0 Å². The van der Waals surface area contributed by atoms with E-state index in [1.54, 1.807) is 11.8 Å². The van der Waals surface area contributed by atoms with E-state index >= 15 is 0 Å². The zero-order valence-electron chi connectivity index (χ0n) is 15.2. The number of hydrogen-bond acceptors (Lipinski definition) is 3. The molecule has 4 heteroatoms. The maximum atomic E-state index is 4.69.